The molecule has 0 fully saturated rings. The molecule has 4 N–H and O–H groups in total. The van der Waals surface area contributed by atoms with E-state index in [2.05, 4.69) is 9.97 Å². The number of nitrogen functional groups attached to an aromatic ring is 1. The molecule has 1 aromatic heterocycles. The van der Waals surface area contributed by atoms with Gasteiger partial charge in [-0.15, -0.1) is 11.8 Å². The first-order chi connectivity index (χ1) is 8.04. The molecule has 7 heteroatoms. The molecule has 0 aromatic carbocycles. The number of aliphatic hydroxyl groups excluding tert-OH is 2. The molecule has 0 aliphatic carbocycles. The smallest absolute Gasteiger partial charge is 0.241 e. The Hall–Kier alpha value is -1.05. The molecule has 1 unspecified atom stereocenters. The number of nitrogens with two attached hydrogens (primary N) is 1. The van der Waals surface area contributed by atoms with Crippen molar-refractivity contribution >= 4 is 17.4 Å². The van der Waals surface area contributed by atoms with Gasteiger partial charge < -0.3 is 20.7 Å². The van der Waals surface area contributed by atoms with Crippen LogP contribution in [0, 0.1) is 0 Å². The van der Waals surface area contributed by atoms with E-state index in [0.717, 1.165) is 0 Å². The standard InChI is InChI=1S/C10H17N3O3S/c1-6(2)16-9-8(11)10(13-5-12-9)17-4-7(15)3-14/h5-7,14-15H,3-4,11H2,1-2H3. The lowest BCUT2D eigenvalue weighted by Gasteiger charge is -2.13. The van der Waals surface area contributed by atoms with Crippen molar-refractivity contribution in [2.24, 2.45) is 0 Å². The number of anilines is 1. The second kappa shape index (κ2) is 6.63. The van der Waals surface area contributed by atoms with Gasteiger partial charge >= 0.3 is 0 Å². The van der Waals surface area contributed by atoms with Gasteiger partial charge in [-0.3, -0.25) is 0 Å². The largest absolute Gasteiger partial charge is 0.473 e. The average molecular weight is 259 g/mol. The fourth-order valence-electron chi connectivity index (χ4n) is 1.02. The van der Waals surface area contributed by atoms with E-state index in [1.165, 1.54) is 18.1 Å². The van der Waals surface area contributed by atoms with E-state index in [1.54, 1.807) is 0 Å². The number of hydrogen-bond acceptors (Lipinski definition) is 7. The molecule has 96 valence electrons. The van der Waals surface area contributed by atoms with Crippen LogP contribution in [0.5, 0.6) is 5.88 Å². The third kappa shape index (κ3) is 4.37. The molecule has 0 aliphatic heterocycles. The first kappa shape index (κ1) is 14.0. The number of ether oxygens (including phenoxy) is 1. The first-order valence-electron chi connectivity index (χ1n) is 5.23. The fourth-order valence-corrected chi connectivity index (χ4v) is 1.84. The zero-order valence-corrected chi connectivity index (χ0v) is 10.6. The predicted molar refractivity (Wildman–Crippen MR) is 66.0 cm³/mol. The van der Waals surface area contributed by atoms with Crippen LogP contribution in [0.25, 0.3) is 0 Å². The van der Waals surface area contributed by atoms with Crippen LogP contribution in [0.1, 0.15) is 13.8 Å². The Morgan fingerprint density at radius 2 is 2.18 bits per heavy atom. The van der Waals surface area contributed by atoms with Crippen LogP contribution >= 0.6 is 11.8 Å². The monoisotopic (exact) mass is 259 g/mol. The van der Waals surface area contributed by atoms with Gasteiger partial charge in [0.25, 0.3) is 0 Å². The molecule has 0 radical (unpaired) electrons. The first-order valence-corrected chi connectivity index (χ1v) is 6.22. The average Bonchev–Trinajstić information content (AvgIpc) is 2.29. The van der Waals surface area contributed by atoms with Crippen LogP contribution in [-0.2, 0) is 0 Å². The van der Waals surface area contributed by atoms with Crippen molar-refractivity contribution in [2.45, 2.75) is 31.1 Å². The van der Waals surface area contributed by atoms with Gasteiger partial charge in [-0.1, -0.05) is 0 Å². The number of thioether (sulfide) groups is 1. The van der Waals surface area contributed by atoms with Crippen molar-refractivity contribution in [3.63, 3.8) is 0 Å². The summed E-state index contributed by atoms with van der Waals surface area (Å²) in [4.78, 5) is 7.95. The molecule has 1 aromatic rings. The van der Waals surface area contributed by atoms with Crippen molar-refractivity contribution in [3.8, 4) is 5.88 Å². The number of aliphatic hydroxyl groups is 2. The molecular weight excluding hydrogens is 242 g/mol. The van der Waals surface area contributed by atoms with Crippen molar-refractivity contribution in [1.29, 1.82) is 0 Å². The zero-order chi connectivity index (χ0) is 12.8. The van der Waals surface area contributed by atoms with Gasteiger partial charge in [-0.05, 0) is 13.8 Å². The van der Waals surface area contributed by atoms with Crippen LogP contribution in [0.3, 0.4) is 0 Å². The molecule has 0 aliphatic rings. The molecule has 0 saturated carbocycles. The molecule has 0 spiro atoms. The van der Waals surface area contributed by atoms with Gasteiger partial charge in [0.1, 0.15) is 17.0 Å². The quantitative estimate of drug-likeness (QED) is 0.498. The summed E-state index contributed by atoms with van der Waals surface area (Å²) in [5.41, 5.74) is 6.20. The number of hydrogen-bond donors (Lipinski definition) is 3. The minimum atomic E-state index is -0.788. The molecule has 1 heterocycles. The van der Waals surface area contributed by atoms with E-state index in [0.29, 0.717) is 22.3 Å². The van der Waals surface area contributed by atoms with Gasteiger partial charge in [0, 0.05) is 5.75 Å². The Bertz CT molecular complexity index is 363. The maximum atomic E-state index is 9.24. The summed E-state index contributed by atoms with van der Waals surface area (Å²) in [7, 11) is 0. The van der Waals surface area contributed by atoms with Gasteiger partial charge in [-0.2, -0.15) is 4.98 Å². The number of rotatable bonds is 6. The molecule has 6 nitrogen and oxygen atoms in total. The van der Waals surface area contributed by atoms with E-state index in [1.807, 2.05) is 13.8 Å². The molecule has 1 rings (SSSR count). The topological polar surface area (TPSA) is 101 Å². The van der Waals surface area contributed by atoms with Crippen molar-refractivity contribution < 1.29 is 14.9 Å². The Labute approximate surface area is 104 Å². The third-order valence-corrected chi connectivity index (χ3v) is 2.93. The van der Waals surface area contributed by atoms with Crippen LogP contribution in [0.15, 0.2) is 11.4 Å². The molecule has 17 heavy (non-hydrogen) atoms. The van der Waals surface area contributed by atoms with Gasteiger partial charge in [0.15, 0.2) is 0 Å². The minimum absolute atomic E-state index is 0.0203. The Kier molecular flexibility index (Phi) is 5.46. The molecule has 0 amide bonds. The molecular formula is C10H17N3O3S. The summed E-state index contributed by atoms with van der Waals surface area (Å²) in [6, 6.07) is 0. The summed E-state index contributed by atoms with van der Waals surface area (Å²) in [6.45, 7) is 3.47. The van der Waals surface area contributed by atoms with E-state index in [9.17, 15) is 5.11 Å². The van der Waals surface area contributed by atoms with Gasteiger partial charge in [-0.25, -0.2) is 4.98 Å². The van der Waals surface area contributed by atoms with Crippen LogP contribution in [0.2, 0.25) is 0 Å². The van der Waals surface area contributed by atoms with Crippen LogP contribution in [-0.4, -0.2) is 44.7 Å². The predicted octanol–water partition coefficient (Wildman–Crippen LogP) is 0.291. The zero-order valence-electron chi connectivity index (χ0n) is 9.83. The van der Waals surface area contributed by atoms with E-state index in [4.69, 9.17) is 15.6 Å². The third-order valence-electron chi connectivity index (χ3n) is 1.78. The Morgan fingerprint density at radius 1 is 1.47 bits per heavy atom. The maximum absolute atomic E-state index is 9.24. The van der Waals surface area contributed by atoms with Crippen molar-refractivity contribution in [2.75, 3.05) is 18.1 Å². The molecule has 0 bridgehead atoms. The van der Waals surface area contributed by atoms with Crippen molar-refractivity contribution in [1.82, 2.24) is 9.97 Å². The lowest BCUT2D eigenvalue weighted by atomic mass is 10.4. The lowest BCUT2D eigenvalue weighted by molar-refractivity contribution is 0.113. The Balaban J connectivity index is 2.72. The highest BCUT2D eigenvalue weighted by Gasteiger charge is 2.12. The van der Waals surface area contributed by atoms with Gasteiger partial charge in [0.05, 0.1) is 18.8 Å². The summed E-state index contributed by atoms with van der Waals surface area (Å²) < 4.78 is 5.42. The number of aromatic nitrogens is 2. The summed E-state index contributed by atoms with van der Waals surface area (Å²) in [5.74, 6) is 0.662. The second-order valence-corrected chi connectivity index (χ2v) is 4.72. The number of nitrogens with zero attached hydrogens (tertiary/aromatic N) is 2. The van der Waals surface area contributed by atoms with Gasteiger partial charge in [0.2, 0.25) is 5.88 Å². The highest BCUT2D eigenvalue weighted by Crippen LogP contribution is 2.29. The second-order valence-electron chi connectivity index (χ2n) is 3.71. The lowest BCUT2D eigenvalue weighted by Crippen LogP contribution is -2.15. The van der Waals surface area contributed by atoms with E-state index in [-0.39, 0.29) is 12.7 Å². The van der Waals surface area contributed by atoms with Crippen molar-refractivity contribution in [3.05, 3.63) is 6.33 Å². The highest BCUT2D eigenvalue weighted by molar-refractivity contribution is 7.99. The minimum Gasteiger partial charge on any atom is -0.473 e. The highest BCUT2D eigenvalue weighted by atomic mass is 32.2. The fraction of sp³-hybridized carbons (Fsp3) is 0.600. The SMILES string of the molecule is CC(C)Oc1ncnc(SCC(O)CO)c1N. The normalized spacial score (nSPS) is 12.8. The maximum Gasteiger partial charge on any atom is 0.241 e. The van der Waals surface area contributed by atoms with E-state index < -0.39 is 6.10 Å². The summed E-state index contributed by atoms with van der Waals surface area (Å²) in [6.07, 6.45) is 0.554. The molecule has 0 saturated heterocycles. The van der Waals surface area contributed by atoms with Crippen LogP contribution in [0.4, 0.5) is 5.69 Å². The Morgan fingerprint density at radius 3 is 2.76 bits per heavy atom. The summed E-state index contributed by atoms with van der Waals surface area (Å²) >= 11 is 1.25. The summed E-state index contributed by atoms with van der Waals surface area (Å²) in [5, 5.41) is 18.5. The van der Waals surface area contributed by atoms with E-state index >= 15 is 0 Å². The molecule has 1 atom stereocenters. The van der Waals surface area contributed by atoms with Crippen LogP contribution < -0.4 is 10.5 Å².